The predicted octanol–water partition coefficient (Wildman–Crippen LogP) is 2.87. The molecule has 0 saturated heterocycles. The van der Waals surface area contributed by atoms with Crippen molar-refractivity contribution in [3.05, 3.63) is 53.6 Å². The largest absolute Gasteiger partial charge is 0.497 e. The number of hydrogen-bond donors (Lipinski definition) is 0. The molecular formula is C24H30N2O5. The van der Waals surface area contributed by atoms with Crippen molar-refractivity contribution in [1.82, 2.24) is 4.90 Å². The average Bonchev–Trinajstić information content (AvgIpc) is 2.86. The minimum atomic E-state index is -0.925. The van der Waals surface area contributed by atoms with Gasteiger partial charge in [0.2, 0.25) is 0 Å². The highest BCUT2D eigenvalue weighted by molar-refractivity contribution is 6.00. The number of hydrogen-bond acceptors (Lipinski definition) is 6. The van der Waals surface area contributed by atoms with Crippen molar-refractivity contribution in [3.8, 4) is 11.5 Å². The second-order valence-electron chi connectivity index (χ2n) is 7.90. The molecule has 1 aliphatic rings. The fourth-order valence-electron chi connectivity index (χ4n) is 3.89. The van der Waals surface area contributed by atoms with Gasteiger partial charge < -0.3 is 24.0 Å². The number of amides is 1. The van der Waals surface area contributed by atoms with Crippen molar-refractivity contribution < 1.29 is 23.8 Å². The van der Waals surface area contributed by atoms with Crippen LogP contribution in [0.2, 0.25) is 0 Å². The SMILES string of the molecule is COc1ccc([C@H]2Cc3cc(OC)ccc3N(CCN(C)C)C(=O)[C@H]2OC(C)=O)cc1. The van der Waals surface area contributed by atoms with Gasteiger partial charge in [-0.3, -0.25) is 9.59 Å². The Morgan fingerprint density at radius 2 is 1.71 bits per heavy atom. The van der Waals surface area contributed by atoms with Gasteiger partial charge in [-0.05, 0) is 62.0 Å². The average molecular weight is 427 g/mol. The second kappa shape index (κ2) is 9.83. The van der Waals surface area contributed by atoms with Crippen LogP contribution in [0.3, 0.4) is 0 Å². The Labute approximate surface area is 183 Å². The molecule has 0 unspecified atom stereocenters. The highest BCUT2D eigenvalue weighted by Crippen LogP contribution is 2.38. The molecule has 1 heterocycles. The van der Waals surface area contributed by atoms with E-state index in [2.05, 4.69) is 0 Å². The third kappa shape index (κ3) is 5.17. The zero-order valence-electron chi connectivity index (χ0n) is 18.8. The first-order valence-corrected chi connectivity index (χ1v) is 10.3. The van der Waals surface area contributed by atoms with E-state index in [0.29, 0.717) is 19.5 Å². The predicted molar refractivity (Wildman–Crippen MR) is 119 cm³/mol. The lowest BCUT2D eigenvalue weighted by Crippen LogP contribution is -2.45. The molecule has 7 heteroatoms. The number of esters is 1. The molecule has 1 aliphatic heterocycles. The molecule has 0 aliphatic carbocycles. The summed E-state index contributed by atoms with van der Waals surface area (Å²) in [4.78, 5) is 29.4. The molecule has 0 radical (unpaired) electrons. The lowest BCUT2D eigenvalue weighted by molar-refractivity contribution is -0.154. The highest BCUT2D eigenvalue weighted by Gasteiger charge is 2.40. The van der Waals surface area contributed by atoms with Crippen LogP contribution in [0.1, 0.15) is 24.0 Å². The summed E-state index contributed by atoms with van der Waals surface area (Å²) in [6, 6.07) is 13.3. The number of rotatable bonds is 7. The van der Waals surface area contributed by atoms with Gasteiger partial charge in [-0.1, -0.05) is 12.1 Å². The Bertz CT molecular complexity index is 926. The number of carbonyl (C=O) groups is 2. The summed E-state index contributed by atoms with van der Waals surface area (Å²) in [5, 5.41) is 0. The quantitative estimate of drug-likeness (QED) is 0.635. The normalized spacial score (nSPS) is 18.4. The summed E-state index contributed by atoms with van der Waals surface area (Å²) < 4.78 is 16.3. The van der Waals surface area contributed by atoms with Crippen LogP contribution >= 0.6 is 0 Å². The highest BCUT2D eigenvalue weighted by atomic mass is 16.5. The lowest BCUT2D eigenvalue weighted by atomic mass is 9.87. The van der Waals surface area contributed by atoms with E-state index >= 15 is 0 Å². The van der Waals surface area contributed by atoms with Gasteiger partial charge in [-0.15, -0.1) is 0 Å². The van der Waals surface area contributed by atoms with Gasteiger partial charge in [0.25, 0.3) is 5.91 Å². The van der Waals surface area contributed by atoms with Gasteiger partial charge in [0.1, 0.15) is 11.5 Å². The fourth-order valence-corrected chi connectivity index (χ4v) is 3.89. The first-order valence-electron chi connectivity index (χ1n) is 10.3. The maximum Gasteiger partial charge on any atom is 0.303 e. The van der Waals surface area contributed by atoms with E-state index in [9.17, 15) is 9.59 Å². The smallest absolute Gasteiger partial charge is 0.303 e. The zero-order chi connectivity index (χ0) is 22.5. The van der Waals surface area contributed by atoms with Gasteiger partial charge in [-0.2, -0.15) is 0 Å². The Hall–Kier alpha value is -3.06. The van der Waals surface area contributed by atoms with Crippen molar-refractivity contribution in [2.75, 3.05) is 46.3 Å². The Kier molecular flexibility index (Phi) is 7.17. The second-order valence-corrected chi connectivity index (χ2v) is 7.90. The first kappa shape index (κ1) is 22.6. The molecule has 31 heavy (non-hydrogen) atoms. The number of carbonyl (C=O) groups excluding carboxylic acids is 2. The van der Waals surface area contributed by atoms with Crippen LogP contribution in [0, 0.1) is 0 Å². The van der Waals surface area contributed by atoms with Crippen molar-refractivity contribution in [2.24, 2.45) is 0 Å². The van der Waals surface area contributed by atoms with Crippen LogP contribution < -0.4 is 14.4 Å². The van der Waals surface area contributed by atoms with Crippen molar-refractivity contribution >= 4 is 17.6 Å². The number of benzene rings is 2. The molecule has 166 valence electrons. The Balaban J connectivity index is 2.11. The maximum absolute atomic E-state index is 13.7. The van der Waals surface area contributed by atoms with E-state index in [1.54, 1.807) is 19.1 Å². The molecule has 0 bridgehead atoms. The van der Waals surface area contributed by atoms with E-state index in [1.807, 2.05) is 61.5 Å². The van der Waals surface area contributed by atoms with Crippen LogP contribution in [0.15, 0.2) is 42.5 Å². The van der Waals surface area contributed by atoms with E-state index < -0.39 is 12.1 Å². The number of likely N-dealkylation sites (N-methyl/N-ethyl adjacent to an activating group) is 1. The lowest BCUT2D eigenvalue weighted by Gasteiger charge is -2.29. The summed E-state index contributed by atoms with van der Waals surface area (Å²) >= 11 is 0. The van der Waals surface area contributed by atoms with Crippen LogP contribution in [0.25, 0.3) is 0 Å². The number of ether oxygens (including phenoxy) is 3. The molecule has 0 N–H and O–H groups in total. The fraction of sp³-hybridized carbons (Fsp3) is 0.417. The Morgan fingerprint density at radius 1 is 1.06 bits per heavy atom. The van der Waals surface area contributed by atoms with Crippen molar-refractivity contribution in [1.29, 1.82) is 0 Å². The molecule has 0 saturated carbocycles. The van der Waals surface area contributed by atoms with Gasteiger partial charge in [-0.25, -0.2) is 0 Å². The van der Waals surface area contributed by atoms with Gasteiger partial charge in [0.15, 0.2) is 6.10 Å². The number of fused-ring (bicyclic) bond motifs is 1. The summed E-state index contributed by atoms with van der Waals surface area (Å²) in [5.74, 6) is 0.410. The monoisotopic (exact) mass is 426 g/mol. The first-order chi connectivity index (χ1) is 14.8. The van der Waals surface area contributed by atoms with Gasteiger partial charge in [0, 0.05) is 31.6 Å². The van der Waals surface area contributed by atoms with Crippen LogP contribution in [0.4, 0.5) is 5.69 Å². The summed E-state index contributed by atoms with van der Waals surface area (Å²) in [5.41, 5.74) is 2.70. The minimum absolute atomic E-state index is 0.221. The third-order valence-corrected chi connectivity index (χ3v) is 5.50. The van der Waals surface area contributed by atoms with E-state index in [0.717, 1.165) is 28.3 Å². The summed E-state index contributed by atoms with van der Waals surface area (Å²) in [6.45, 7) is 2.50. The third-order valence-electron chi connectivity index (χ3n) is 5.50. The Morgan fingerprint density at radius 3 is 2.29 bits per heavy atom. The van der Waals surface area contributed by atoms with Gasteiger partial charge in [0.05, 0.1) is 14.2 Å². The number of methoxy groups -OCH3 is 2. The van der Waals surface area contributed by atoms with Gasteiger partial charge >= 0.3 is 5.97 Å². The minimum Gasteiger partial charge on any atom is -0.497 e. The molecular weight excluding hydrogens is 396 g/mol. The van der Waals surface area contributed by atoms with Crippen LogP contribution in [-0.2, 0) is 20.7 Å². The number of anilines is 1. The summed E-state index contributed by atoms with van der Waals surface area (Å²) in [7, 11) is 7.15. The maximum atomic E-state index is 13.7. The molecule has 2 aromatic carbocycles. The summed E-state index contributed by atoms with van der Waals surface area (Å²) in [6.07, 6.45) is -0.396. The van der Waals surface area contributed by atoms with Crippen molar-refractivity contribution in [2.45, 2.75) is 25.4 Å². The number of nitrogens with zero attached hydrogens (tertiary/aromatic N) is 2. The van der Waals surface area contributed by atoms with E-state index in [1.165, 1.54) is 6.92 Å². The zero-order valence-corrected chi connectivity index (χ0v) is 18.8. The van der Waals surface area contributed by atoms with Crippen molar-refractivity contribution in [3.63, 3.8) is 0 Å². The molecule has 0 spiro atoms. The molecule has 1 amide bonds. The van der Waals surface area contributed by atoms with Crippen LogP contribution in [0.5, 0.6) is 11.5 Å². The molecule has 7 nitrogen and oxygen atoms in total. The topological polar surface area (TPSA) is 68.3 Å². The molecule has 2 aromatic rings. The molecule has 0 aromatic heterocycles. The standard InChI is InChI=1S/C24H30N2O5/c1-16(27)31-23-21(17-6-8-19(29-4)9-7-17)15-18-14-20(30-5)10-11-22(18)26(24(23)28)13-12-25(2)3/h6-11,14,21,23H,12-13,15H2,1-5H3/t21-,23+/m1/s1. The molecule has 2 atom stereocenters. The molecule has 3 rings (SSSR count). The van der Waals surface area contributed by atoms with E-state index in [-0.39, 0.29) is 11.8 Å². The molecule has 0 fully saturated rings. The van der Waals surface area contributed by atoms with Crippen LogP contribution in [-0.4, -0.2) is 64.3 Å². The van der Waals surface area contributed by atoms with E-state index in [4.69, 9.17) is 14.2 Å².